The molecule has 0 aliphatic rings. The molecule has 0 aromatic heterocycles. The van der Waals surface area contributed by atoms with Crippen molar-refractivity contribution in [1.82, 2.24) is 0 Å². The molecular weight excluding hydrogens is 190 g/mol. The van der Waals surface area contributed by atoms with Gasteiger partial charge in [-0.1, -0.05) is 24.3 Å². The number of amides is 1. The normalized spacial score (nSPS) is 12.4. The van der Waals surface area contributed by atoms with Gasteiger partial charge in [-0.3, -0.25) is 4.79 Å². The highest BCUT2D eigenvalue weighted by molar-refractivity contribution is 5.74. The van der Waals surface area contributed by atoms with Gasteiger partial charge < -0.3 is 17.2 Å². The molecule has 1 aromatic carbocycles. The summed E-state index contributed by atoms with van der Waals surface area (Å²) in [6.07, 6.45) is 0.881. The lowest BCUT2D eigenvalue weighted by molar-refractivity contribution is -0.118. The summed E-state index contributed by atoms with van der Waals surface area (Å²) in [6, 6.07) is 7.68. The van der Waals surface area contributed by atoms with Gasteiger partial charge in [0.2, 0.25) is 5.91 Å². The third kappa shape index (κ3) is 4.10. The van der Waals surface area contributed by atoms with E-state index in [2.05, 4.69) is 0 Å². The van der Waals surface area contributed by atoms with Crippen molar-refractivity contribution in [2.75, 3.05) is 0 Å². The molecule has 1 rings (SSSR count). The van der Waals surface area contributed by atoms with Gasteiger partial charge in [0.15, 0.2) is 0 Å². The first-order valence-corrected chi connectivity index (χ1v) is 4.93. The van der Waals surface area contributed by atoms with E-state index < -0.39 is 0 Å². The highest BCUT2D eigenvalue weighted by Gasteiger charge is 2.07. The SMILES string of the molecule is NCc1ccc(C[C@H](N)CC(N)=O)cc1. The number of primary amides is 1. The van der Waals surface area contributed by atoms with Crippen molar-refractivity contribution in [1.29, 1.82) is 0 Å². The Kier molecular flexibility index (Phi) is 4.27. The monoisotopic (exact) mass is 207 g/mol. The van der Waals surface area contributed by atoms with Crippen LogP contribution < -0.4 is 17.2 Å². The zero-order valence-electron chi connectivity index (χ0n) is 8.65. The van der Waals surface area contributed by atoms with Gasteiger partial charge in [0.25, 0.3) is 0 Å². The zero-order valence-corrected chi connectivity index (χ0v) is 8.65. The minimum Gasteiger partial charge on any atom is -0.370 e. The lowest BCUT2D eigenvalue weighted by Crippen LogP contribution is -2.29. The van der Waals surface area contributed by atoms with Crippen molar-refractivity contribution in [3.8, 4) is 0 Å². The molecule has 1 amide bonds. The summed E-state index contributed by atoms with van der Waals surface area (Å²) in [5.74, 6) is -0.360. The van der Waals surface area contributed by atoms with Crippen LogP contribution in [0.1, 0.15) is 17.5 Å². The van der Waals surface area contributed by atoms with E-state index in [1.807, 2.05) is 24.3 Å². The lowest BCUT2D eigenvalue weighted by atomic mass is 10.0. The number of benzene rings is 1. The summed E-state index contributed by atoms with van der Waals surface area (Å²) in [6.45, 7) is 0.535. The first-order valence-electron chi connectivity index (χ1n) is 4.93. The first kappa shape index (κ1) is 11.7. The van der Waals surface area contributed by atoms with E-state index in [9.17, 15) is 4.79 Å². The maximum Gasteiger partial charge on any atom is 0.218 e. The van der Waals surface area contributed by atoms with Gasteiger partial charge in [-0.15, -0.1) is 0 Å². The number of hydrogen-bond donors (Lipinski definition) is 3. The quantitative estimate of drug-likeness (QED) is 0.628. The Hall–Kier alpha value is -1.39. The Morgan fingerprint density at radius 1 is 1.20 bits per heavy atom. The number of rotatable bonds is 5. The molecule has 0 radical (unpaired) electrons. The van der Waals surface area contributed by atoms with Crippen LogP contribution in [-0.4, -0.2) is 11.9 Å². The van der Waals surface area contributed by atoms with Gasteiger partial charge >= 0.3 is 0 Å². The zero-order chi connectivity index (χ0) is 11.3. The molecule has 1 atom stereocenters. The molecule has 0 saturated carbocycles. The molecule has 4 heteroatoms. The summed E-state index contributed by atoms with van der Waals surface area (Å²) in [4.78, 5) is 10.6. The van der Waals surface area contributed by atoms with Crippen LogP contribution in [0.4, 0.5) is 0 Å². The maximum atomic E-state index is 10.6. The van der Waals surface area contributed by atoms with E-state index in [0.717, 1.165) is 11.1 Å². The second-order valence-electron chi connectivity index (χ2n) is 3.66. The molecule has 0 unspecified atom stereocenters. The summed E-state index contributed by atoms with van der Waals surface area (Å²) in [5, 5.41) is 0. The summed E-state index contributed by atoms with van der Waals surface area (Å²) >= 11 is 0. The largest absolute Gasteiger partial charge is 0.370 e. The average Bonchev–Trinajstić information content (AvgIpc) is 2.17. The molecule has 0 aliphatic carbocycles. The fraction of sp³-hybridized carbons (Fsp3) is 0.364. The molecule has 0 aliphatic heterocycles. The predicted octanol–water partition coefficient (Wildman–Crippen LogP) is -0.109. The van der Waals surface area contributed by atoms with E-state index in [4.69, 9.17) is 17.2 Å². The Morgan fingerprint density at radius 3 is 2.20 bits per heavy atom. The second-order valence-corrected chi connectivity index (χ2v) is 3.66. The van der Waals surface area contributed by atoms with E-state index in [0.29, 0.717) is 13.0 Å². The molecule has 0 heterocycles. The number of carbonyl (C=O) groups is 1. The lowest BCUT2D eigenvalue weighted by Gasteiger charge is -2.09. The standard InChI is InChI=1S/C11H17N3O/c12-7-9-3-1-8(2-4-9)5-10(13)6-11(14)15/h1-4,10H,5-7,12-13H2,(H2,14,15)/t10-/m0/s1. The Morgan fingerprint density at radius 2 is 1.73 bits per heavy atom. The minimum absolute atomic E-state index is 0.203. The number of carbonyl (C=O) groups excluding carboxylic acids is 1. The van der Waals surface area contributed by atoms with Crippen LogP contribution in [0.3, 0.4) is 0 Å². The van der Waals surface area contributed by atoms with Crippen LogP contribution in [0.5, 0.6) is 0 Å². The van der Waals surface area contributed by atoms with Crippen molar-refractivity contribution >= 4 is 5.91 Å². The fourth-order valence-electron chi connectivity index (χ4n) is 1.44. The van der Waals surface area contributed by atoms with Crippen molar-refractivity contribution < 1.29 is 4.79 Å². The highest BCUT2D eigenvalue weighted by Crippen LogP contribution is 2.07. The third-order valence-corrected chi connectivity index (χ3v) is 2.22. The van der Waals surface area contributed by atoms with Crippen molar-refractivity contribution in [2.45, 2.75) is 25.4 Å². The Balaban J connectivity index is 2.53. The Bertz CT molecular complexity index is 321. The third-order valence-electron chi connectivity index (χ3n) is 2.22. The van der Waals surface area contributed by atoms with E-state index in [1.165, 1.54) is 0 Å². The first-order chi connectivity index (χ1) is 7.11. The summed E-state index contributed by atoms with van der Waals surface area (Å²) < 4.78 is 0. The highest BCUT2D eigenvalue weighted by atomic mass is 16.1. The molecule has 1 aromatic rings. The van der Waals surface area contributed by atoms with E-state index in [1.54, 1.807) is 0 Å². The van der Waals surface area contributed by atoms with Gasteiger partial charge in [0.05, 0.1) is 0 Å². The summed E-state index contributed by atoms with van der Waals surface area (Å²) in [7, 11) is 0. The molecule has 6 N–H and O–H groups in total. The van der Waals surface area contributed by atoms with Gasteiger partial charge in [-0.2, -0.15) is 0 Å². The predicted molar refractivity (Wildman–Crippen MR) is 59.8 cm³/mol. The number of hydrogen-bond acceptors (Lipinski definition) is 3. The average molecular weight is 207 g/mol. The van der Waals surface area contributed by atoms with Crippen LogP contribution in [0.2, 0.25) is 0 Å². The second kappa shape index (κ2) is 5.48. The summed E-state index contributed by atoms with van der Waals surface area (Å²) in [5.41, 5.74) is 18.5. The topological polar surface area (TPSA) is 95.1 Å². The molecular formula is C11H17N3O. The van der Waals surface area contributed by atoms with E-state index in [-0.39, 0.29) is 18.4 Å². The van der Waals surface area contributed by atoms with Gasteiger partial charge in [0, 0.05) is 19.0 Å². The van der Waals surface area contributed by atoms with Crippen LogP contribution in [-0.2, 0) is 17.8 Å². The Labute approximate surface area is 89.4 Å². The molecule has 0 bridgehead atoms. The van der Waals surface area contributed by atoms with Crippen molar-refractivity contribution in [3.05, 3.63) is 35.4 Å². The van der Waals surface area contributed by atoms with Gasteiger partial charge in [0.1, 0.15) is 0 Å². The van der Waals surface area contributed by atoms with Crippen LogP contribution in [0.25, 0.3) is 0 Å². The molecule has 4 nitrogen and oxygen atoms in total. The van der Waals surface area contributed by atoms with Gasteiger partial charge in [-0.25, -0.2) is 0 Å². The van der Waals surface area contributed by atoms with Crippen LogP contribution in [0, 0.1) is 0 Å². The molecule has 0 saturated heterocycles. The smallest absolute Gasteiger partial charge is 0.218 e. The van der Waals surface area contributed by atoms with E-state index >= 15 is 0 Å². The van der Waals surface area contributed by atoms with Crippen molar-refractivity contribution in [2.24, 2.45) is 17.2 Å². The van der Waals surface area contributed by atoms with Crippen LogP contribution in [0.15, 0.2) is 24.3 Å². The van der Waals surface area contributed by atoms with Gasteiger partial charge in [-0.05, 0) is 17.5 Å². The molecule has 15 heavy (non-hydrogen) atoms. The number of nitrogens with two attached hydrogens (primary N) is 3. The molecule has 0 fully saturated rings. The van der Waals surface area contributed by atoms with Crippen molar-refractivity contribution in [3.63, 3.8) is 0 Å². The molecule has 0 spiro atoms. The fourth-order valence-corrected chi connectivity index (χ4v) is 1.44. The molecule has 82 valence electrons. The van der Waals surface area contributed by atoms with Crippen LogP contribution >= 0.6 is 0 Å². The maximum absolute atomic E-state index is 10.6. The minimum atomic E-state index is -0.360.